The molecule has 1 aliphatic carbocycles. The third-order valence-electron chi connectivity index (χ3n) is 4.48. The van der Waals surface area contributed by atoms with Crippen LogP contribution in [0.25, 0.3) is 0 Å². The molecule has 2 unspecified atom stereocenters. The Morgan fingerprint density at radius 2 is 1.68 bits per heavy atom. The minimum atomic E-state index is 0.667. The van der Waals surface area contributed by atoms with Crippen LogP contribution in [0.2, 0.25) is 0 Å². The lowest BCUT2D eigenvalue weighted by atomic mass is 9.85. The molecular weight excluding hydrogens is 232 g/mol. The zero-order valence-corrected chi connectivity index (χ0v) is 12.6. The largest absolute Gasteiger partial charge is 0.245 e. The number of hydrogen-bond acceptors (Lipinski definition) is 2. The number of hydrogen-bond donors (Lipinski definition) is 0. The Balaban J connectivity index is 2.32. The van der Waals surface area contributed by atoms with E-state index in [9.17, 15) is 0 Å². The monoisotopic (exact) mass is 260 g/mol. The summed E-state index contributed by atoms with van der Waals surface area (Å²) >= 11 is 0. The quantitative estimate of drug-likeness (QED) is 0.742. The summed E-state index contributed by atoms with van der Waals surface area (Å²) in [5.74, 6) is 1.36. The molecule has 1 aromatic rings. The maximum Gasteiger partial charge on any atom is 0.115 e. The van der Waals surface area contributed by atoms with Crippen molar-refractivity contribution in [2.45, 2.75) is 83.5 Å². The van der Waals surface area contributed by atoms with Gasteiger partial charge < -0.3 is 0 Å². The maximum atomic E-state index is 4.68. The van der Waals surface area contributed by atoms with E-state index in [4.69, 9.17) is 0 Å². The lowest BCUT2D eigenvalue weighted by Gasteiger charge is -2.22. The van der Waals surface area contributed by atoms with Crippen LogP contribution in [0.1, 0.15) is 94.7 Å². The summed E-state index contributed by atoms with van der Waals surface area (Å²) in [4.78, 5) is 9.00. The van der Waals surface area contributed by atoms with Gasteiger partial charge in [0.15, 0.2) is 0 Å². The maximum absolute atomic E-state index is 4.68. The zero-order chi connectivity index (χ0) is 13.5. The van der Waals surface area contributed by atoms with E-state index in [-0.39, 0.29) is 0 Å². The van der Waals surface area contributed by atoms with E-state index >= 15 is 0 Å². The third kappa shape index (κ3) is 3.77. The topological polar surface area (TPSA) is 25.8 Å². The van der Waals surface area contributed by atoms with E-state index in [2.05, 4.69) is 30.0 Å². The Bertz CT molecular complexity index is 340. The van der Waals surface area contributed by atoms with Crippen LogP contribution in [0.5, 0.6) is 0 Å². The predicted molar refractivity (Wildman–Crippen MR) is 80.4 cm³/mol. The van der Waals surface area contributed by atoms with Crippen LogP contribution in [0.4, 0.5) is 0 Å². The van der Waals surface area contributed by atoms with Crippen LogP contribution >= 0.6 is 0 Å². The van der Waals surface area contributed by atoms with E-state index in [1.807, 2.05) is 0 Å². The van der Waals surface area contributed by atoms with Crippen molar-refractivity contribution in [1.29, 1.82) is 0 Å². The molecule has 0 spiro atoms. The molecule has 19 heavy (non-hydrogen) atoms. The van der Waals surface area contributed by atoms with Gasteiger partial charge in [-0.3, -0.25) is 0 Å². The predicted octanol–water partition coefficient (Wildman–Crippen LogP) is 5.21. The van der Waals surface area contributed by atoms with E-state index in [0.29, 0.717) is 11.8 Å². The molecule has 0 saturated heterocycles. The number of nitrogens with zero attached hydrogens (tertiary/aromatic N) is 2. The van der Waals surface area contributed by atoms with Gasteiger partial charge in [-0.25, -0.2) is 9.97 Å². The molecule has 2 rings (SSSR count). The van der Waals surface area contributed by atoms with Crippen molar-refractivity contribution in [3.05, 3.63) is 23.8 Å². The number of fused-ring (bicyclic) bond motifs is 1. The Labute approximate surface area is 118 Å². The first-order valence-electron chi connectivity index (χ1n) is 8.16. The molecule has 0 amide bonds. The first kappa shape index (κ1) is 14.5. The summed E-state index contributed by atoms with van der Waals surface area (Å²) in [6.07, 6.45) is 15.7. The second-order valence-electron chi connectivity index (χ2n) is 5.97. The molecule has 0 N–H and O–H groups in total. The Morgan fingerprint density at radius 1 is 1.00 bits per heavy atom. The van der Waals surface area contributed by atoms with Crippen LogP contribution in [0.15, 0.2) is 12.5 Å². The number of rotatable bonds is 4. The van der Waals surface area contributed by atoms with E-state index in [1.165, 1.54) is 69.0 Å². The molecule has 2 nitrogen and oxygen atoms in total. The van der Waals surface area contributed by atoms with Crippen LogP contribution in [0.3, 0.4) is 0 Å². The van der Waals surface area contributed by atoms with Gasteiger partial charge in [0.25, 0.3) is 0 Å². The normalized spacial score (nSPS) is 24.1. The van der Waals surface area contributed by atoms with Crippen molar-refractivity contribution in [1.82, 2.24) is 9.97 Å². The van der Waals surface area contributed by atoms with Crippen LogP contribution < -0.4 is 0 Å². The molecule has 0 saturated carbocycles. The molecule has 0 bridgehead atoms. The van der Waals surface area contributed by atoms with Crippen molar-refractivity contribution < 1.29 is 0 Å². The minimum absolute atomic E-state index is 0.667. The molecule has 1 heterocycles. The van der Waals surface area contributed by atoms with Crippen molar-refractivity contribution >= 4 is 0 Å². The molecular formula is C17H28N2. The summed E-state index contributed by atoms with van der Waals surface area (Å²) < 4.78 is 0. The van der Waals surface area contributed by atoms with Gasteiger partial charge in [-0.1, -0.05) is 46.0 Å². The fraction of sp³-hybridized carbons (Fsp3) is 0.765. The van der Waals surface area contributed by atoms with Gasteiger partial charge in [0, 0.05) is 12.1 Å². The average molecular weight is 260 g/mol. The van der Waals surface area contributed by atoms with Gasteiger partial charge in [0.05, 0.1) is 5.69 Å². The van der Waals surface area contributed by atoms with Gasteiger partial charge in [-0.2, -0.15) is 0 Å². The molecule has 1 aliphatic rings. The second kappa shape index (κ2) is 7.62. The van der Waals surface area contributed by atoms with E-state index in [1.54, 1.807) is 6.33 Å². The SMILES string of the molecule is CCCC1CCCCCC(CCC)c2ncncc21. The first-order valence-corrected chi connectivity index (χ1v) is 8.16. The Kier molecular flexibility index (Phi) is 5.81. The fourth-order valence-corrected chi connectivity index (χ4v) is 3.53. The summed E-state index contributed by atoms with van der Waals surface area (Å²) in [5.41, 5.74) is 2.84. The molecule has 2 heteroatoms. The molecule has 0 radical (unpaired) electrons. The smallest absolute Gasteiger partial charge is 0.115 e. The summed E-state index contributed by atoms with van der Waals surface area (Å²) in [7, 11) is 0. The molecule has 106 valence electrons. The highest BCUT2D eigenvalue weighted by Crippen LogP contribution is 2.37. The Morgan fingerprint density at radius 3 is 2.42 bits per heavy atom. The molecule has 1 aromatic heterocycles. The molecule has 0 aromatic carbocycles. The molecule has 0 aliphatic heterocycles. The average Bonchev–Trinajstić information content (AvgIpc) is 2.51. The van der Waals surface area contributed by atoms with Crippen molar-refractivity contribution in [3.63, 3.8) is 0 Å². The molecule has 2 atom stereocenters. The lowest BCUT2D eigenvalue weighted by Crippen LogP contribution is -2.09. The van der Waals surface area contributed by atoms with Crippen molar-refractivity contribution in [2.24, 2.45) is 0 Å². The number of aromatic nitrogens is 2. The van der Waals surface area contributed by atoms with E-state index in [0.717, 1.165) is 0 Å². The van der Waals surface area contributed by atoms with Crippen molar-refractivity contribution in [3.8, 4) is 0 Å². The summed E-state index contributed by atoms with van der Waals surface area (Å²) in [6, 6.07) is 0. The second-order valence-corrected chi connectivity index (χ2v) is 5.97. The van der Waals surface area contributed by atoms with Gasteiger partial charge in [-0.05, 0) is 37.2 Å². The van der Waals surface area contributed by atoms with Crippen LogP contribution in [-0.4, -0.2) is 9.97 Å². The highest BCUT2D eigenvalue weighted by atomic mass is 14.8. The summed E-state index contributed by atoms with van der Waals surface area (Å²) in [5, 5.41) is 0. The van der Waals surface area contributed by atoms with Crippen molar-refractivity contribution in [2.75, 3.05) is 0 Å². The van der Waals surface area contributed by atoms with Gasteiger partial charge >= 0.3 is 0 Å². The highest BCUT2D eigenvalue weighted by Gasteiger charge is 2.23. The lowest BCUT2D eigenvalue weighted by molar-refractivity contribution is 0.512. The minimum Gasteiger partial charge on any atom is -0.245 e. The van der Waals surface area contributed by atoms with Crippen LogP contribution in [0, 0.1) is 0 Å². The standard InChI is InChI=1S/C17H28N2/c1-3-8-14-10-6-5-7-11-15(9-4-2)17-16(14)12-18-13-19-17/h12-15H,3-11H2,1-2H3. The fourth-order valence-electron chi connectivity index (χ4n) is 3.53. The summed E-state index contributed by atoms with van der Waals surface area (Å²) in [6.45, 7) is 4.58. The van der Waals surface area contributed by atoms with Gasteiger partial charge in [-0.15, -0.1) is 0 Å². The van der Waals surface area contributed by atoms with E-state index < -0.39 is 0 Å². The molecule has 0 fully saturated rings. The first-order chi connectivity index (χ1) is 9.36. The third-order valence-corrected chi connectivity index (χ3v) is 4.48. The Hall–Kier alpha value is -0.920. The van der Waals surface area contributed by atoms with Gasteiger partial charge in [0.1, 0.15) is 6.33 Å². The zero-order valence-electron chi connectivity index (χ0n) is 12.6. The van der Waals surface area contributed by atoms with Crippen LogP contribution in [-0.2, 0) is 0 Å². The van der Waals surface area contributed by atoms with Gasteiger partial charge in [0.2, 0.25) is 0 Å². The highest BCUT2D eigenvalue weighted by molar-refractivity contribution is 5.25.